The van der Waals surface area contributed by atoms with Crippen molar-refractivity contribution in [3.8, 4) is 0 Å². The first-order chi connectivity index (χ1) is 6.63. The summed E-state index contributed by atoms with van der Waals surface area (Å²) in [6, 6.07) is -0.408. The van der Waals surface area contributed by atoms with Gasteiger partial charge in [-0.05, 0) is 18.8 Å². The Balaban J connectivity index is 3.62. The van der Waals surface area contributed by atoms with E-state index in [-0.39, 0.29) is 18.4 Å². The van der Waals surface area contributed by atoms with Crippen LogP contribution in [0.1, 0.15) is 33.1 Å². The number of aliphatic hydroxyl groups is 1. The second-order valence-corrected chi connectivity index (χ2v) is 3.63. The zero-order chi connectivity index (χ0) is 11.0. The van der Waals surface area contributed by atoms with Gasteiger partial charge in [0.2, 0.25) is 5.91 Å². The smallest absolute Gasteiger partial charge is 0.237 e. The van der Waals surface area contributed by atoms with Crippen molar-refractivity contribution in [3.05, 3.63) is 0 Å². The second kappa shape index (κ2) is 7.76. The number of hydrogen-bond donors (Lipinski definition) is 3. The van der Waals surface area contributed by atoms with Gasteiger partial charge in [0.05, 0.1) is 6.04 Å². The monoisotopic (exact) mass is 202 g/mol. The number of unbranched alkanes of at least 4 members (excludes halogenated alkanes) is 1. The van der Waals surface area contributed by atoms with E-state index in [1.807, 2.05) is 13.8 Å². The van der Waals surface area contributed by atoms with Crippen molar-refractivity contribution in [2.75, 3.05) is 13.2 Å². The molecule has 14 heavy (non-hydrogen) atoms. The highest BCUT2D eigenvalue weighted by molar-refractivity contribution is 5.81. The molecule has 4 heteroatoms. The zero-order valence-corrected chi connectivity index (χ0v) is 9.12. The van der Waals surface area contributed by atoms with Crippen LogP contribution in [-0.4, -0.2) is 30.2 Å². The van der Waals surface area contributed by atoms with Crippen LogP contribution in [0.15, 0.2) is 0 Å². The van der Waals surface area contributed by atoms with E-state index >= 15 is 0 Å². The van der Waals surface area contributed by atoms with Crippen LogP contribution in [0.3, 0.4) is 0 Å². The third-order valence-corrected chi connectivity index (χ3v) is 2.44. The molecule has 0 aliphatic rings. The van der Waals surface area contributed by atoms with Crippen molar-refractivity contribution in [2.24, 2.45) is 11.7 Å². The molecule has 0 aliphatic heterocycles. The fourth-order valence-corrected chi connectivity index (χ4v) is 1.08. The van der Waals surface area contributed by atoms with Crippen LogP contribution in [0.5, 0.6) is 0 Å². The first-order valence-electron chi connectivity index (χ1n) is 5.27. The minimum Gasteiger partial charge on any atom is -0.396 e. The molecule has 0 aromatic heterocycles. The van der Waals surface area contributed by atoms with Gasteiger partial charge in [0.15, 0.2) is 0 Å². The number of carbonyl (C=O) groups excluding carboxylic acids is 1. The predicted octanol–water partition coefficient (Wildman–Crippen LogP) is 0.249. The second-order valence-electron chi connectivity index (χ2n) is 3.63. The van der Waals surface area contributed by atoms with E-state index in [1.54, 1.807) is 0 Å². The highest BCUT2D eigenvalue weighted by Gasteiger charge is 2.18. The molecule has 0 saturated heterocycles. The quantitative estimate of drug-likeness (QED) is 0.518. The van der Waals surface area contributed by atoms with Crippen LogP contribution < -0.4 is 11.1 Å². The number of hydrogen-bond acceptors (Lipinski definition) is 3. The van der Waals surface area contributed by atoms with Crippen LogP contribution in [0.2, 0.25) is 0 Å². The SMILES string of the molecule is CCC(C)C(N)C(=O)NCCCCO. The molecule has 84 valence electrons. The minimum absolute atomic E-state index is 0.0858. The van der Waals surface area contributed by atoms with Crippen LogP contribution in [-0.2, 0) is 4.79 Å². The summed E-state index contributed by atoms with van der Waals surface area (Å²) in [5.41, 5.74) is 5.72. The molecule has 0 rings (SSSR count). The van der Waals surface area contributed by atoms with Gasteiger partial charge in [-0.1, -0.05) is 20.3 Å². The lowest BCUT2D eigenvalue weighted by Gasteiger charge is -2.17. The Labute approximate surface area is 85.9 Å². The number of rotatable bonds is 7. The van der Waals surface area contributed by atoms with E-state index in [1.165, 1.54) is 0 Å². The van der Waals surface area contributed by atoms with Gasteiger partial charge in [-0.25, -0.2) is 0 Å². The third kappa shape index (κ3) is 5.19. The number of carbonyl (C=O) groups is 1. The van der Waals surface area contributed by atoms with E-state index in [9.17, 15) is 4.79 Å². The van der Waals surface area contributed by atoms with Crippen molar-refractivity contribution < 1.29 is 9.90 Å². The van der Waals surface area contributed by atoms with Crippen molar-refractivity contribution >= 4 is 5.91 Å². The molecule has 0 bridgehead atoms. The maximum Gasteiger partial charge on any atom is 0.237 e. The number of nitrogens with one attached hydrogen (secondary N) is 1. The first kappa shape index (κ1) is 13.4. The van der Waals surface area contributed by atoms with Crippen LogP contribution in [0.25, 0.3) is 0 Å². The molecular weight excluding hydrogens is 180 g/mol. The molecule has 0 radical (unpaired) electrons. The summed E-state index contributed by atoms with van der Waals surface area (Å²) in [6.45, 7) is 4.76. The summed E-state index contributed by atoms with van der Waals surface area (Å²) in [5, 5.41) is 11.3. The third-order valence-electron chi connectivity index (χ3n) is 2.44. The van der Waals surface area contributed by atoms with Gasteiger partial charge >= 0.3 is 0 Å². The Hall–Kier alpha value is -0.610. The fraction of sp³-hybridized carbons (Fsp3) is 0.900. The van der Waals surface area contributed by atoms with Gasteiger partial charge in [0.1, 0.15) is 0 Å². The Morgan fingerprint density at radius 2 is 2.14 bits per heavy atom. The molecule has 0 aromatic carbocycles. The van der Waals surface area contributed by atoms with E-state index in [2.05, 4.69) is 5.32 Å². The lowest BCUT2D eigenvalue weighted by Crippen LogP contribution is -2.44. The van der Waals surface area contributed by atoms with Crippen molar-refractivity contribution in [2.45, 2.75) is 39.2 Å². The Kier molecular flexibility index (Phi) is 7.42. The molecule has 0 spiro atoms. The average molecular weight is 202 g/mol. The Bertz CT molecular complexity index is 162. The maximum absolute atomic E-state index is 11.4. The summed E-state index contributed by atoms with van der Waals surface area (Å²) in [7, 11) is 0. The minimum atomic E-state index is -0.408. The molecule has 0 heterocycles. The number of amides is 1. The summed E-state index contributed by atoms with van der Waals surface area (Å²) in [6.07, 6.45) is 2.43. The van der Waals surface area contributed by atoms with E-state index < -0.39 is 6.04 Å². The lowest BCUT2D eigenvalue weighted by molar-refractivity contribution is -0.123. The highest BCUT2D eigenvalue weighted by Crippen LogP contribution is 2.04. The molecule has 0 saturated carbocycles. The summed E-state index contributed by atoms with van der Waals surface area (Å²) in [4.78, 5) is 11.4. The van der Waals surface area contributed by atoms with Gasteiger partial charge in [0.25, 0.3) is 0 Å². The molecular formula is C10H22N2O2. The normalized spacial score (nSPS) is 14.9. The van der Waals surface area contributed by atoms with E-state index in [4.69, 9.17) is 10.8 Å². The summed E-state index contributed by atoms with van der Waals surface area (Å²) in [5.74, 6) is 0.130. The van der Waals surface area contributed by atoms with Gasteiger partial charge in [-0.15, -0.1) is 0 Å². The van der Waals surface area contributed by atoms with Gasteiger partial charge in [-0.3, -0.25) is 4.79 Å². The molecule has 0 aliphatic carbocycles. The van der Waals surface area contributed by atoms with Crippen molar-refractivity contribution in [1.82, 2.24) is 5.32 Å². The molecule has 1 amide bonds. The largest absolute Gasteiger partial charge is 0.396 e. The number of nitrogens with two attached hydrogens (primary N) is 1. The van der Waals surface area contributed by atoms with Crippen molar-refractivity contribution in [1.29, 1.82) is 0 Å². The van der Waals surface area contributed by atoms with Gasteiger partial charge in [-0.2, -0.15) is 0 Å². The topological polar surface area (TPSA) is 75.4 Å². The fourth-order valence-electron chi connectivity index (χ4n) is 1.08. The number of aliphatic hydroxyl groups excluding tert-OH is 1. The summed E-state index contributed by atoms with van der Waals surface area (Å²) < 4.78 is 0. The van der Waals surface area contributed by atoms with E-state index in [0.29, 0.717) is 6.54 Å². The van der Waals surface area contributed by atoms with Crippen LogP contribution >= 0.6 is 0 Å². The summed E-state index contributed by atoms with van der Waals surface area (Å²) >= 11 is 0. The Morgan fingerprint density at radius 3 is 2.64 bits per heavy atom. The highest BCUT2D eigenvalue weighted by atomic mass is 16.2. The van der Waals surface area contributed by atoms with Crippen LogP contribution in [0.4, 0.5) is 0 Å². The van der Waals surface area contributed by atoms with E-state index in [0.717, 1.165) is 19.3 Å². The van der Waals surface area contributed by atoms with Crippen molar-refractivity contribution in [3.63, 3.8) is 0 Å². The first-order valence-corrected chi connectivity index (χ1v) is 5.27. The molecule has 0 fully saturated rings. The average Bonchev–Trinajstić information content (AvgIpc) is 2.21. The predicted molar refractivity (Wildman–Crippen MR) is 56.8 cm³/mol. The van der Waals surface area contributed by atoms with Crippen LogP contribution in [0, 0.1) is 5.92 Å². The zero-order valence-electron chi connectivity index (χ0n) is 9.12. The molecule has 2 unspecified atom stereocenters. The Morgan fingerprint density at radius 1 is 1.50 bits per heavy atom. The van der Waals surface area contributed by atoms with Gasteiger partial charge < -0.3 is 16.2 Å². The molecule has 2 atom stereocenters. The van der Waals surface area contributed by atoms with Gasteiger partial charge in [0, 0.05) is 13.2 Å². The molecule has 4 N–H and O–H groups in total. The lowest BCUT2D eigenvalue weighted by atomic mass is 9.99. The molecule has 0 aromatic rings. The maximum atomic E-state index is 11.4. The standard InChI is InChI=1S/C10H22N2O2/c1-3-8(2)9(11)10(14)12-6-4-5-7-13/h8-9,13H,3-7,11H2,1-2H3,(H,12,14). The molecule has 4 nitrogen and oxygen atoms in total.